The van der Waals surface area contributed by atoms with Crippen molar-refractivity contribution < 1.29 is 0 Å². The molecule has 0 aromatic carbocycles. The molecule has 0 amide bonds. The topological polar surface area (TPSA) is 59.6 Å². The summed E-state index contributed by atoms with van der Waals surface area (Å²) in [6, 6.07) is 0. The van der Waals surface area contributed by atoms with Crippen molar-refractivity contribution in [2.45, 2.75) is 19.9 Å². The number of hydrogen-bond donors (Lipinski definition) is 2. The monoisotopic (exact) mass is 208 g/mol. The Balaban J connectivity index is 0.00000121. The Morgan fingerprint density at radius 3 is 2.75 bits per heavy atom. The van der Waals surface area contributed by atoms with Crippen LogP contribution in [0.2, 0.25) is 0 Å². The van der Waals surface area contributed by atoms with E-state index in [1.807, 2.05) is 11.5 Å². The molecule has 12 heavy (non-hydrogen) atoms. The van der Waals surface area contributed by atoms with E-state index in [9.17, 15) is 0 Å². The van der Waals surface area contributed by atoms with E-state index in [0.717, 1.165) is 18.8 Å². The summed E-state index contributed by atoms with van der Waals surface area (Å²) in [5.41, 5.74) is 5.37. The summed E-state index contributed by atoms with van der Waals surface area (Å²) in [5, 5.41) is 6.69. The zero-order chi connectivity index (χ0) is 8.27. The highest BCUT2D eigenvalue weighted by atomic mass is 35.5. The van der Waals surface area contributed by atoms with Crippen molar-refractivity contribution in [2.24, 2.45) is 5.73 Å². The number of aromatic nitrogens is 3. The number of nitrogens with one attached hydrogen (secondary N) is 1. The molecule has 0 aliphatic carbocycles. The van der Waals surface area contributed by atoms with Crippen LogP contribution in [0.15, 0.2) is 0 Å². The molecule has 0 fully saturated rings. The highest BCUT2D eigenvalue weighted by Crippen LogP contribution is 1.96. The molecule has 1 rings (SSSR count). The van der Waals surface area contributed by atoms with Crippen LogP contribution in [0.4, 0.5) is 0 Å². The lowest BCUT2D eigenvalue weighted by atomic mass is 10.4. The van der Waals surface area contributed by atoms with E-state index in [1.54, 1.807) is 0 Å². The van der Waals surface area contributed by atoms with Crippen molar-refractivity contribution in [3.63, 3.8) is 0 Å². The summed E-state index contributed by atoms with van der Waals surface area (Å²) < 4.78 is 2.62. The second-order valence-electron chi connectivity index (χ2n) is 2.37. The third-order valence-electron chi connectivity index (χ3n) is 1.53. The molecule has 0 spiro atoms. The fraction of sp³-hybridized carbons (Fsp3) is 0.667. The largest absolute Gasteiger partial charge is 0.330 e. The Labute approximate surface area is 82.6 Å². The maximum atomic E-state index is 5.37. The van der Waals surface area contributed by atoms with Crippen molar-refractivity contribution in [1.29, 1.82) is 0 Å². The van der Waals surface area contributed by atoms with Crippen molar-refractivity contribution in [3.05, 3.63) is 10.6 Å². The molecule has 0 atom stereocenters. The molecule has 1 aromatic rings. The fourth-order valence-corrected chi connectivity index (χ4v) is 1.18. The van der Waals surface area contributed by atoms with Gasteiger partial charge in [0.1, 0.15) is 5.82 Å². The Hall–Kier alpha value is -0.390. The molecule has 6 heteroatoms. The maximum absolute atomic E-state index is 5.37. The van der Waals surface area contributed by atoms with Gasteiger partial charge < -0.3 is 10.3 Å². The van der Waals surface area contributed by atoms with Gasteiger partial charge in [0.15, 0.2) is 4.77 Å². The minimum absolute atomic E-state index is 0. The molecule has 0 unspecified atom stereocenters. The van der Waals surface area contributed by atoms with Gasteiger partial charge in [-0.05, 0) is 32.1 Å². The molecule has 70 valence electrons. The standard InChI is InChI=1S/C6H12N4S.ClH/c1-5-8-9-6(11)10(5)4-2-3-7;/h2-4,7H2,1H3,(H,9,11);1H. The van der Waals surface area contributed by atoms with Gasteiger partial charge in [-0.3, -0.25) is 5.10 Å². The van der Waals surface area contributed by atoms with Crippen LogP contribution < -0.4 is 5.73 Å². The lowest BCUT2D eigenvalue weighted by Crippen LogP contribution is -2.07. The van der Waals surface area contributed by atoms with Gasteiger partial charge in [-0.2, -0.15) is 5.10 Å². The Kier molecular flexibility index (Phi) is 5.12. The first-order chi connectivity index (χ1) is 5.25. The van der Waals surface area contributed by atoms with E-state index in [-0.39, 0.29) is 12.4 Å². The molecule has 0 radical (unpaired) electrons. The average molecular weight is 209 g/mol. The van der Waals surface area contributed by atoms with Crippen LogP contribution in [0.25, 0.3) is 0 Å². The molecule has 1 aromatic heterocycles. The molecule has 0 aliphatic heterocycles. The highest BCUT2D eigenvalue weighted by Gasteiger charge is 1.97. The first-order valence-electron chi connectivity index (χ1n) is 3.57. The number of nitrogens with two attached hydrogens (primary N) is 1. The first-order valence-corrected chi connectivity index (χ1v) is 3.98. The van der Waals surface area contributed by atoms with E-state index in [4.69, 9.17) is 18.0 Å². The summed E-state index contributed by atoms with van der Waals surface area (Å²) in [6.45, 7) is 3.47. The van der Waals surface area contributed by atoms with E-state index in [0.29, 0.717) is 11.3 Å². The number of aryl methyl sites for hydroxylation is 1. The van der Waals surface area contributed by atoms with Gasteiger partial charge in [0.2, 0.25) is 0 Å². The highest BCUT2D eigenvalue weighted by molar-refractivity contribution is 7.71. The van der Waals surface area contributed by atoms with E-state index < -0.39 is 0 Å². The zero-order valence-electron chi connectivity index (χ0n) is 6.91. The first kappa shape index (κ1) is 11.6. The van der Waals surface area contributed by atoms with E-state index >= 15 is 0 Å². The van der Waals surface area contributed by atoms with Crippen molar-refractivity contribution in [2.75, 3.05) is 6.54 Å². The maximum Gasteiger partial charge on any atom is 0.195 e. The van der Waals surface area contributed by atoms with Crippen LogP contribution in [0, 0.1) is 11.7 Å². The molecule has 0 bridgehead atoms. The predicted octanol–water partition coefficient (Wildman–Crippen LogP) is 1.02. The second-order valence-corrected chi connectivity index (χ2v) is 2.76. The van der Waals surface area contributed by atoms with Crippen LogP contribution in [0.1, 0.15) is 12.2 Å². The summed E-state index contributed by atoms with van der Waals surface area (Å²) in [5.74, 6) is 0.920. The lowest BCUT2D eigenvalue weighted by Gasteiger charge is -2.00. The van der Waals surface area contributed by atoms with Gasteiger partial charge in [0.25, 0.3) is 0 Å². The van der Waals surface area contributed by atoms with Gasteiger partial charge in [-0.25, -0.2) is 0 Å². The number of halogens is 1. The summed E-state index contributed by atoms with van der Waals surface area (Å²) in [7, 11) is 0. The average Bonchev–Trinajstić information content (AvgIpc) is 2.29. The minimum Gasteiger partial charge on any atom is -0.330 e. The molecule has 0 aliphatic rings. The molecular weight excluding hydrogens is 196 g/mol. The molecule has 1 heterocycles. The number of hydrogen-bond acceptors (Lipinski definition) is 3. The third-order valence-corrected chi connectivity index (χ3v) is 1.85. The normalized spacial score (nSPS) is 9.50. The van der Waals surface area contributed by atoms with Crippen LogP contribution >= 0.6 is 24.6 Å². The Bertz CT molecular complexity index is 279. The predicted molar refractivity (Wildman–Crippen MR) is 53.1 cm³/mol. The molecule has 0 saturated heterocycles. The van der Waals surface area contributed by atoms with Crippen LogP contribution in [-0.4, -0.2) is 21.3 Å². The van der Waals surface area contributed by atoms with Gasteiger partial charge in [0.05, 0.1) is 0 Å². The Morgan fingerprint density at radius 1 is 1.67 bits per heavy atom. The lowest BCUT2D eigenvalue weighted by molar-refractivity contribution is 0.626. The minimum atomic E-state index is 0. The smallest absolute Gasteiger partial charge is 0.195 e. The second kappa shape index (κ2) is 5.29. The van der Waals surface area contributed by atoms with Gasteiger partial charge in [0, 0.05) is 6.54 Å². The van der Waals surface area contributed by atoms with Gasteiger partial charge >= 0.3 is 0 Å². The quantitative estimate of drug-likeness (QED) is 0.730. The van der Waals surface area contributed by atoms with Crippen LogP contribution in [0.3, 0.4) is 0 Å². The molecule has 4 nitrogen and oxygen atoms in total. The zero-order valence-corrected chi connectivity index (χ0v) is 8.54. The van der Waals surface area contributed by atoms with E-state index in [1.165, 1.54) is 0 Å². The van der Waals surface area contributed by atoms with Gasteiger partial charge in [-0.15, -0.1) is 12.4 Å². The Morgan fingerprint density at radius 2 is 2.33 bits per heavy atom. The summed E-state index contributed by atoms with van der Waals surface area (Å²) in [4.78, 5) is 0. The van der Waals surface area contributed by atoms with Crippen molar-refractivity contribution in [3.8, 4) is 0 Å². The van der Waals surface area contributed by atoms with Crippen LogP contribution in [0.5, 0.6) is 0 Å². The fourth-order valence-electron chi connectivity index (χ4n) is 0.909. The molecule has 0 saturated carbocycles. The number of H-pyrrole nitrogens is 1. The number of rotatable bonds is 3. The third kappa shape index (κ3) is 2.58. The SMILES string of the molecule is Cc1n[nH]c(=S)n1CCCN.Cl. The van der Waals surface area contributed by atoms with Crippen molar-refractivity contribution in [1.82, 2.24) is 14.8 Å². The van der Waals surface area contributed by atoms with Crippen LogP contribution in [-0.2, 0) is 6.54 Å². The van der Waals surface area contributed by atoms with Gasteiger partial charge in [-0.1, -0.05) is 0 Å². The summed E-state index contributed by atoms with van der Waals surface area (Å²) >= 11 is 4.99. The summed E-state index contributed by atoms with van der Waals surface area (Å²) in [6.07, 6.45) is 0.939. The molecule has 3 N–H and O–H groups in total. The van der Waals surface area contributed by atoms with E-state index in [2.05, 4.69) is 10.2 Å². The number of nitrogens with zero attached hydrogens (tertiary/aromatic N) is 2. The molecular formula is C6H13ClN4S. The van der Waals surface area contributed by atoms with Crippen molar-refractivity contribution >= 4 is 24.6 Å². The number of aromatic amines is 1.